The average molecular weight is 323 g/mol. The van der Waals surface area contributed by atoms with Gasteiger partial charge in [0.1, 0.15) is 4.90 Å². The van der Waals surface area contributed by atoms with E-state index in [0.717, 1.165) is 12.1 Å². The van der Waals surface area contributed by atoms with E-state index in [9.17, 15) is 17.9 Å². The van der Waals surface area contributed by atoms with Crippen molar-refractivity contribution in [1.29, 1.82) is 0 Å². The summed E-state index contributed by atoms with van der Waals surface area (Å²) in [5.74, 6) is -1.04. The fraction of sp³-hybridized carbons (Fsp3) is 0.500. The molecule has 112 valence electrons. The molecule has 4 N–H and O–H groups in total. The van der Waals surface area contributed by atoms with Crippen molar-refractivity contribution in [2.45, 2.75) is 37.3 Å². The van der Waals surface area contributed by atoms with Crippen LogP contribution in [-0.2, 0) is 10.0 Å². The predicted octanol–water partition coefficient (Wildman–Crippen LogP) is 1.50. The number of nitrogens with two attached hydrogens (primary N) is 1. The smallest absolute Gasteiger partial charge is 0.243 e. The highest BCUT2D eigenvalue weighted by molar-refractivity contribution is 7.89. The van der Waals surface area contributed by atoms with Crippen LogP contribution in [0.15, 0.2) is 17.0 Å². The molecule has 1 saturated carbocycles. The molecule has 0 saturated heterocycles. The lowest BCUT2D eigenvalue weighted by Gasteiger charge is -2.49. The Labute approximate surface area is 122 Å². The van der Waals surface area contributed by atoms with Crippen LogP contribution in [0.2, 0.25) is 5.02 Å². The van der Waals surface area contributed by atoms with Crippen LogP contribution in [0.5, 0.6) is 0 Å². The molecule has 0 spiro atoms. The normalized spacial score (nSPS) is 25.2. The molecule has 0 bridgehead atoms. The molecule has 1 aliphatic carbocycles. The standard InChI is InChI=1S/C12H16ClFN2O3S/c1-12(2)9(5-10(12)17)16-20(18,19)8-4-6(15)3-7(13)11(8)14/h3-4,9-10,16-17H,5,15H2,1-2H3. The number of hydrogen-bond donors (Lipinski definition) is 3. The first-order valence-electron chi connectivity index (χ1n) is 6.00. The van der Waals surface area contributed by atoms with Gasteiger partial charge >= 0.3 is 0 Å². The number of sulfonamides is 1. The molecule has 0 heterocycles. The van der Waals surface area contributed by atoms with Gasteiger partial charge in [0, 0.05) is 17.1 Å². The highest BCUT2D eigenvalue weighted by Gasteiger charge is 2.49. The van der Waals surface area contributed by atoms with Crippen LogP contribution in [0.4, 0.5) is 10.1 Å². The van der Waals surface area contributed by atoms with Gasteiger partial charge < -0.3 is 10.8 Å². The summed E-state index contributed by atoms with van der Waals surface area (Å²) in [6, 6.07) is 1.69. The van der Waals surface area contributed by atoms with Gasteiger partial charge in [-0.15, -0.1) is 0 Å². The Morgan fingerprint density at radius 2 is 2.10 bits per heavy atom. The molecule has 0 aliphatic heterocycles. The Balaban J connectivity index is 2.33. The molecule has 1 aromatic carbocycles. The lowest BCUT2D eigenvalue weighted by Crippen LogP contribution is -2.61. The van der Waals surface area contributed by atoms with Crippen LogP contribution in [0.3, 0.4) is 0 Å². The third-order valence-corrected chi connectivity index (χ3v) is 5.57. The summed E-state index contributed by atoms with van der Waals surface area (Å²) >= 11 is 5.60. The summed E-state index contributed by atoms with van der Waals surface area (Å²) in [5.41, 5.74) is 4.95. The van der Waals surface area contributed by atoms with Gasteiger partial charge in [-0.2, -0.15) is 0 Å². The van der Waals surface area contributed by atoms with Crippen LogP contribution in [0.1, 0.15) is 20.3 Å². The molecule has 5 nitrogen and oxygen atoms in total. The number of aliphatic hydroxyl groups is 1. The molecule has 8 heteroatoms. The van der Waals surface area contributed by atoms with Gasteiger partial charge in [-0.3, -0.25) is 0 Å². The number of nitrogen functional groups attached to an aromatic ring is 1. The highest BCUT2D eigenvalue weighted by atomic mass is 35.5. The number of nitrogens with one attached hydrogen (secondary N) is 1. The van der Waals surface area contributed by atoms with Crippen molar-refractivity contribution in [2.24, 2.45) is 5.41 Å². The van der Waals surface area contributed by atoms with Crippen LogP contribution in [0, 0.1) is 11.2 Å². The molecule has 1 fully saturated rings. The summed E-state index contributed by atoms with van der Waals surface area (Å²) in [6.07, 6.45) is -0.311. The summed E-state index contributed by atoms with van der Waals surface area (Å²) in [4.78, 5) is -0.584. The van der Waals surface area contributed by atoms with Crippen molar-refractivity contribution in [3.05, 3.63) is 23.0 Å². The van der Waals surface area contributed by atoms with Crippen LogP contribution in [0.25, 0.3) is 0 Å². The lowest BCUT2D eigenvalue weighted by atomic mass is 9.65. The van der Waals surface area contributed by atoms with Gasteiger partial charge in [0.05, 0.1) is 11.1 Å². The van der Waals surface area contributed by atoms with Gasteiger partial charge in [0.25, 0.3) is 0 Å². The Hall–Kier alpha value is -0.890. The van der Waals surface area contributed by atoms with E-state index in [2.05, 4.69) is 4.72 Å². The number of halogens is 2. The fourth-order valence-corrected chi connectivity index (χ4v) is 3.96. The van der Waals surface area contributed by atoms with Crippen LogP contribution < -0.4 is 10.5 Å². The fourth-order valence-electron chi connectivity index (χ4n) is 2.13. The average Bonchev–Trinajstić information content (AvgIpc) is 2.33. The molecule has 20 heavy (non-hydrogen) atoms. The van der Waals surface area contributed by atoms with Crippen molar-refractivity contribution in [3.63, 3.8) is 0 Å². The Kier molecular flexibility index (Phi) is 3.75. The number of hydrogen-bond acceptors (Lipinski definition) is 4. The molecule has 0 aromatic heterocycles. The SMILES string of the molecule is CC1(C)C(O)CC1NS(=O)(=O)c1cc(N)cc(Cl)c1F. The third kappa shape index (κ3) is 2.50. The van der Waals surface area contributed by atoms with E-state index in [1.807, 2.05) is 0 Å². The summed E-state index contributed by atoms with van der Waals surface area (Å²) in [7, 11) is -4.09. The largest absolute Gasteiger partial charge is 0.399 e. The van der Waals surface area contributed by atoms with Gasteiger partial charge in [0.15, 0.2) is 5.82 Å². The van der Waals surface area contributed by atoms with Crippen molar-refractivity contribution >= 4 is 27.3 Å². The number of aliphatic hydroxyl groups excluding tert-OH is 1. The number of benzene rings is 1. The monoisotopic (exact) mass is 322 g/mol. The number of anilines is 1. The minimum Gasteiger partial charge on any atom is -0.399 e. The molecular weight excluding hydrogens is 307 g/mol. The van der Waals surface area contributed by atoms with Crippen LogP contribution >= 0.6 is 11.6 Å². The van der Waals surface area contributed by atoms with Gasteiger partial charge in [0.2, 0.25) is 10.0 Å². The summed E-state index contributed by atoms with van der Waals surface area (Å²) < 4.78 is 40.7. The van der Waals surface area contributed by atoms with E-state index in [0.29, 0.717) is 0 Å². The molecule has 2 rings (SSSR count). The maximum Gasteiger partial charge on any atom is 0.243 e. The maximum atomic E-state index is 13.9. The molecule has 0 amide bonds. The summed E-state index contributed by atoms with van der Waals surface area (Å²) in [6.45, 7) is 3.47. The second-order valence-corrected chi connectivity index (χ2v) is 7.65. The van der Waals surface area contributed by atoms with Gasteiger partial charge in [-0.25, -0.2) is 17.5 Å². The molecule has 0 radical (unpaired) electrons. The zero-order valence-corrected chi connectivity index (χ0v) is 12.6. The first-order chi connectivity index (χ1) is 9.05. The van der Waals surface area contributed by atoms with Crippen molar-refractivity contribution in [1.82, 2.24) is 4.72 Å². The van der Waals surface area contributed by atoms with Gasteiger partial charge in [-0.05, 0) is 18.6 Å². The van der Waals surface area contributed by atoms with Crippen molar-refractivity contribution < 1.29 is 17.9 Å². The second-order valence-electron chi connectivity index (χ2n) is 5.56. The van der Waals surface area contributed by atoms with Crippen LogP contribution in [-0.4, -0.2) is 25.7 Å². The first kappa shape index (κ1) is 15.5. The van der Waals surface area contributed by atoms with E-state index in [4.69, 9.17) is 17.3 Å². The Morgan fingerprint density at radius 3 is 2.60 bits per heavy atom. The molecule has 1 aromatic rings. The molecule has 1 aliphatic rings. The quantitative estimate of drug-likeness (QED) is 0.735. The Morgan fingerprint density at radius 1 is 1.50 bits per heavy atom. The van der Waals surface area contributed by atoms with E-state index < -0.39 is 38.3 Å². The predicted molar refractivity (Wildman–Crippen MR) is 74.3 cm³/mol. The van der Waals surface area contributed by atoms with Crippen molar-refractivity contribution in [3.8, 4) is 0 Å². The minimum absolute atomic E-state index is 0.0599. The molecule has 2 atom stereocenters. The zero-order chi connectivity index (χ0) is 15.3. The van der Waals surface area contributed by atoms with Gasteiger partial charge in [-0.1, -0.05) is 25.4 Å². The molecule has 2 unspecified atom stereocenters. The minimum atomic E-state index is -4.09. The van der Waals surface area contributed by atoms with E-state index >= 15 is 0 Å². The van der Waals surface area contributed by atoms with E-state index in [1.165, 1.54) is 0 Å². The molecular formula is C12H16ClFN2O3S. The maximum absolute atomic E-state index is 13.9. The highest BCUT2D eigenvalue weighted by Crippen LogP contribution is 2.41. The summed E-state index contributed by atoms with van der Waals surface area (Å²) in [5, 5.41) is 9.26. The zero-order valence-electron chi connectivity index (χ0n) is 11.0. The second kappa shape index (κ2) is 4.84. The van der Waals surface area contributed by atoms with E-state index in [1.54, 1.807) is 13.8 Å². The first-order valence-corrected chi connectivity index (χ1v) is 7.86. The Bertz CT molecular complexity index is 648. The number of rotatable bonds is 3. The van der Waals surface area contributed by atoms with Crippen molar-refractivity contribution in [2.75, 3.05) is 5.73 Å². The lowest BCUT2D eigenvalue weighted by molar-refractivity contribution is -0.0645. The third-order valence-electron chi connectivity index (χ3n) is 3.82. The van der Waals surface area contributed by atoms with E-state index in [-0.39, 0.29) is 17.1 Å². The topological polar surface area (TPSA) is 92.4 Å².